The molecule has 2 saturated heterocycles. The van der Waals surface area contributed by atoms with Crippen molar-refractivity contribution >= 4 is 11.8 Å². The summed E-state index contributed by atoms with van der Waals surface area (Å²) in [7, 11) is 4.32. The molecular formula is C14H28N2OS. The van der Waals surface area contributed by atoms with Crippen LogP contribution in [0.5, 0.6) is 0 Å². The topological polar surface area (TPSA) is 24.5 Å². The molecule has 18 heavy (non-hydrogen) atoms. The first-order valence-corrected chi connectivity index (χ1v) is 8.48. The number of hydrogen-bond acceptors (Lipinski definition) is 4. The Morgan fingerprint density at radius 2 is 2.17 bits per heavy atom. The Balaban J connectivity index is 1.81. The van der Waals surface area contributed by atoms with Crippen molar-refractivity contribution in [2.75, 3.05) is 45.3 Å². The van der Waals surface area contributed by atoms with Gasteiger partial charge in [-0.05, 0) is 70.8 Å². The van der Waals surface area contributed by atoms with Crippen LogP contribution in [-0.2, 0) is 4.74 Å². The summed E-state index contributed by atoms with van der Waals surface area (Å²) >= 11 is 2.09. The highest BCUT2D eigenvalue weighted by Crippen LogP contribution is 2.38. The standard InChI is InChI=1S/C14H28N2OS/c1-15-7-3-8-16(2)13-4-9-17-14(12-13)5-10-18-11-6-14/h13,15H,3-12H2,1-2H3. The normalized spacial score (nSPS) is 27.8. The van der Waals surface area contributed by atoms with E-state index in [0.717, 1.165) is 19.2 Å². The van der Waals surface area contributed by atoms with E-state index in [1.165, 1.54) is 50.2 Å². The molecular weight excluding hydrogens is 244 g/mol. The summed E-state index contributed by atoms with van der Waals surface area (Å²) in [6.45, 7) is 3.29. The molecule has 2 aliphatic rings. The fraction of sp³-hybridized carbons (Fsp3) is 1.00. The van der Waals surface area contributed by atoms with Gasteiger partial charge >= 0.3 is 0 Å². The Morgan fingerprint density at radius 1 is 1.39 bits per heavy atom. The molecule has 2 rings (SSSR count). The molecule has 0 aromatic rings. The predicted octanol–water partition coefficient (Wildman–Crippen LogP) is 1.97. The maximum Gasteiger partial charge on any atom is 0.0713 e. The summed E-state index contributed by atoms with van der Waals surface area (Å²) in [5, 5.41) is 3.23. The molecule has 2 heterocycles. The highest BCUT2D eigenvalue weighted by molar-refractivity contribution is 7.99. The molecule has 0 aromatic carbocycles. The van der Waals surface area contributed by atoms with Crippen LogP contribution in [0.1, 0.15) is 32.1 Å². The lowest BCUT2D eigenvalue weighted by Crippen LogP contribution is -2.49. The maximum absolute atomic E-state index is 6.16. The summed E-state index contributed by atoms with van der Waals surface area (Å²) in [5.41, 5.74) is 0.228. The van der Waals surface area contributed by atoms with Gasteiger partial charge in [0.15, 0.2) is 0 Å². The summed E-state index contributed by atoms with van der Waals surface area (Å²) in [5.74, 6) is 2.58. The van der Waals surface area contributed by atoms with E-state index in [0.29, 0.717) is 0 Å². The molecule has 0 radical (unpaired) electrons. The Kier molecular flexibility index (Phi) is 5.80. The van der Waals surface area contributed by atoms with Crippen molar-refractivity contribution in [2.24, 2.45) is 0 Å². The molecule has 1 N–H and O–H groups in total. The van der Waals surface area contributed by atoms with E-state index in [4.69, 9.17) is 4.74 Å². The molecule has 3 nitrogen and oxygen atoms in total. The van der Waals surface area contributed by atoms with Crippen LogP contribution in [0, 0.1) is 0 Å². The van der Waals surface area contributed by atoms with Gasteiger partial charge in [0, 0.05) is 12.6 Å². The van der Waals surface area contributed by atoms with E-state index >= 15 is 0 Å². The first-order valence-electron chi connectivity index (χ1n) is 7.32. The number of nitrogens with one attached hydrogen (secondary N) is 1. The Bertz CT molecular complexity index is 238. The molecule has 106 valence electrons. The summed E-state index contributed by atoms with van der Waals surface area (Å²) in [6.07, 6.45) is 6.23. The minimum atomic E-state index is 0.228. The van der Waals surface area contributed by atoms with Crippen molar-refractivity contribution in [1.82, 2.24) is 10.2 Å². The van der Waals surface area contributed by atoms with Crippen molar-refractivity contribution in [1.29, 1.82) is 0 Å². The van der Waals surface area contributed by atoms with Gasteiger partial charge in [0.2, 0.25) is 0 Å². The maximum atomic E-state index is 6.16. The minimum Gasteiger partial charge on any atom is -0.375 e. The lowest BCUT2D eigenvalue weighted by atomic mass is 9.85. The van der Waals surface area contributed by atoms with E-state index in [2.05, 4.69) is 29.0 Å². The molecule has 1 spiro atoms. The first kappa shape index (κ1) is 14.6. The molecule has 0 bridgehead atoms. The average molecular weight is 272 g/mol. The van der Waals surface area contributed by atoms with Gasteiger partial charge in [0.25, 0.3) is 0 Å². The van der Waals surface area contributed by atoms with Crippen LogP contribution in [0.4, 0.5) is 0 Å². The Labute approximate surface area is 116 Å². The Hall–Kier alpha value is 0.230. The van der Waals surface area contributed by atoms with Crippen LogP contribution in [0.3, 0.4) is 0 Å². The second kappa shape index (κ2) is 7.13. The second-order valence-electron chi connectivity index (χ2n) is 5.73. The van der Waals surface area contributed by atoms with Gasteiger partial charge in [-0.3, -0.25) is 0 Å². The third-order valence-corrected chi connectivity index (χ3v) is 5.42. The van der Waals surface area contributed by atoms with E-state index in [-0.39, 0.29) is 5.60 Å². The Morgan fingerprint density at radius 3 is 2.89 bits per heavy atom. The van der Waals surface area contributed by atoms with Crippen molar-refractivity contribution in [2.45, 2.75) is 43.7 Å². The third kappa shape index (κ3) is 3.86. The second-order valence-corrected chi connectivity index (χ2v) is 6.95. The largest absolute Gasteiger partial charge is 0.375 e. The number of thioether (sulfide) groups is 1. The molecule has 0 aliphatic carbocycles. The molecule has 4 heteroatoms. The van der Waals surface area contributed by atoms with Crippen LogP contribution < -0.4 is 5.32 Å². The van der Waals surface area contributed by atoms with E-state index in [9.17, 15) is 0 Å². The lowest BCUT2D eigenvalue weighted by molar-refractivity contribution is -0.107. The summed E-state index contributed by atoms with van der Waals surface area (Å²) in [6, 6.07) is 0.735. The fourth-order valence-corrected chi connectivity index (χ4v) is 4.39. The molecule has 0 saturated carbocycles. The number of hydrogen-bond donors (Lipinski definition) is 1. The molecule has 0 amide bonds. The van der Waals surface area contributed by atoms with Crippen LogP contribution in [-0.4, -0.2) is 61.8 Å². The highest BCUT2D eigenvalue weighted by Gasteiger charge is 2.39. The van der Waals surface area contributed by atoms with Crippen LogP contribution in [0.25, 0.3) is 0 Å². The van der Waals surface area contributed by atoms with Gasteiger partial charge in [0.1, 0.15) is 0 Å². The van der Waals surface area contributed by atoms with Crippen molar-refractivity contribution in [3.8, 4) is 0 Å². The van der Waals surface area contributed by atoms with Crippen LogP contribution in [0.15, 0.2) is 0 Å². The van der Waals surface area contributed by atoms with E-state index in [1.54, 1.807) is 0 Å². The van der Waals surface area contributed by atoms with E-state index in [1.807, 2.05) is 7.05 Å². The van der Waals surface area contributed by atoms with Crippen molar-refractivity contribution in [3.63, 3.8) is 0 Å². The zero-order valence-electron chi connectivity index (χ0n) is 11.9. The smallest absolute Gasteiger partial charge is 0.0713 e. The van der Waals surface area contributed by atoms with Crippen LogP contribution >= 0.6 is 11.8 Å². The average Bonchev–Trinajstić information content (AvgIpc) is 2.40. The zero-order valence-corrected chi connectivity index (χ0v) is 12.7. The lowest BCUT2D eigenvalue weighted by Gasteiger charge is -2.45. The first-order chi connectivity index (χ1) is 8.76. The fourth-order valence-electron chi connectivity index (χ4n) is 3.16. The van der Waals surface area contributed by atoms with Gasteiger partial charge < -0.3 is 15.0 Å². The number of nitrogens with zero attached hydrogens (tertiary/aromatic N) is 1. The monoisotopic (exact) mass is 272 g/mol. The SMILES string of the molecule is CNCCCN(C)C1CCOC2(CCSCC2)C1. The minimum absolute atomic E-state index is 0.228. The quantitative estimate of drug-likeness (QED) is 0.774. The summed E-state index contributed by atoms with van der Waals surface area (Å²) < 4.78 is 6.16. The van der Waals surface area contributed by atoms with Gasteiger partial charge in [0.05, 0.1) is 5.60 Å². The third-order valence-electron chi connectivity index (χ3n) is 4.43. The zero-order chi connectivity index (χ0) is 12.8. The number of ether oxygens (including phenoxy) is 1. The van der Waals surface area contributed by atoms with E-state index < -0.39 is 0 Å². The molecule has 2 aliphatic heterocycles. The predicted molar refractivity (Wildman–Crippen MR) is 79.4 cm³/mol. The molecule has 0 aromatic heterocycles. The van der Waals surface area contributed by atoms with Crippen molar-refractivity contribution < 1.29 is 4.74 Å². The van der Waals surface area contributed by atoms with Crippen LogP contribution in [0.2, 0.25) is 0 Å². The molecule has 1 unspecified atom stereocenters. The van der Waals surface area contributed by atoms with Gasteiger partial charge in [-0.15, -0.1) is 0 Å². The highest BCUT2D eigenvalue weighted by atomic mass is 32.2. The van der Waals surface area contributed by atoms with Gasteiger partial charge in [-0.25, -0.2) is 0 Å². The molecule has 2 fully saturated rings. The number of rotatable bonds is 5. The summed E-state index contributed by atoms with van der Waals surface area (Å²) in [4.78, 5) is 2.56. The van der Waals surface area contributed by atoms with Gasteiger partial charge in [-0.1, -0.05) is 0 Å². The van der Waals surface area contributed by atoms with Crippen molar-refractivity contribution in [3.05, 3.63) is 0 Å². The molecule has 1 atom stereocenters. The van der Waals surface area contributed by atoms with Gasteiger partial charge in [-0.2, -0.15) is 11.8 Å².